The van der Waals surface area contributed by atoms with Gasteiger partial charge in [0, 0.05) is 0 Å². The quantitative estimate of drug-likeness (QED) is 0.506. The van der Waals surface area contributed by atoms with Crippen molar-refractivity contribution in [3.05, 3.63) is 83.2 Å². The Morgan fingerprint density at radius 1 is 1.08 bits per heavy atom. The summed E-state index contributed by atoms with van der Waals surface area (Å²) in [6, 6.07) is 5.58. The van der Waals surface area contributed by atoms with Crippen molar-refractivity contribution in [1.29, 1.82) is 0 Å². The summed E-state index contributed by atoms with van der Waals surface area (Å²) in [4.78, 5) is 0. The molecule has 0 aromatic heterocycles. The van der Waals surface area contributed by atoms with E-state index in [0.717, 1.165) is 36.0 Å². The second-order valence-electron chi connectivity index (χ2n) is 9.68. The first kappa shape index (κ1) is 25.2. The first-order valence-corrected chi connectivity index (χ1v) is 14.0. The lowest BCUT2D eigenvalue weighted by Crippen LogP contribution is -2.57. The zero-order valence-electron chi connectivity index (χ0n) is 20.1. The highest BCUT2D eigenvalue weighted by molar-refractivity contribution is 7.92. The smallest absolute Gasteiger partial charge is 0.188 e. The standard InChI is InChI=1S/C27H32O8S/c1-2-16-8-9-18(26-24(29)23(28)25(30)27(35-26)36(31,32)19-10-11-19)14-20(16)22(17-6-4-3-5-7-17)21-15-33-12-13-34-21/h3-4,6,8-9,12-15,19,22-30H,2,5,7,10-11H2,1H3/t22?,23-,24-,25+,26+,27?/m1/s1. The maximum atomic E-state index is 12.9. The zero-order chi connectivity index (χ0) is 25.4. The van der Waals surface area contributed by atoms with E-state index in [0.29, 0.717) is 24.2 Å². The molecule has 2 aliphatic heterocycles. The maximum absolute atomic E-state index is 12.9. The third-order valence-electron chi connectivity index (χ3n) is 7.30. The summed E-state index contributed by atoms with van der Waals surface area (Å²) >= 11 is 0. The van der Waals surface area contributed by atoms with E-state index in [1.165, 1.54) is 12.5 Å². The monoisotopic (exact) mass is 516 g/mol. The van der Waals surface area contributed by atoms with Gasteiger partial charge in [0.2, 0.25) is 0 Å². The van der Waals surface area contributed by atoms with Crippen LogP contribution in [-0.2, 0) is 30.5 Å². The molecule has 194 valence electrons. The van der Waals surface area contributed by atoms with Crippen LogP contribution in [0.4, 0.5) is 0 Å². The first-order chi connectivity index (χ1) is 17.3. The predicted molar refractivity (Wildman–Crippen MR) is 132 cm³/mol. The Morgan fingerprint density at radius 3 is 2.53 bits per heavy atom. The number of rotatable bonds is 7. The van der Waals surface area contributed by atoms with Crippen LogP contribution in [0.5, 0.6) is 0 Å². The Balaban J connectivity index is 1.56. The number of hydrogen-bond donors (Lipinski definition) is 3. The molecule has 2 fully saturated rings. The van der Waals surface area contributed by atoms with Crippen molar-refractivity contribution in [2.45, 2.75) is 80.0 Å². The van der Waals surface area contributed by atoms with Gasteiger partial charge >= 0.3 is 0 Å². The summed E-state index contributed by atoms with van der Waals surface area (Å²) in [5.41, 5.74) is 2.00. The second-order valence-corrected chi connectivity index (χ2v) is 12.0. The van der Waals surface area contributed by atoms with Crippen molar-refractivity contribution in [3.8, 4) is 0 Å². The zero-order valence-corrected chi connectivity index (χ0v) is 20.9. The Hall–Kier alpha value is -2.43. The Kier molecular flexibility index (Phi) is 7.11. The van der Waals surface area contributed by atoms with E-state index < -0.39 is 44.9 Å². The second kappa shape index (κ2) is 10.1. The molecule has 2 unspecified atom stereocenters. The van der Waals surface area contributed by atoms with Gasteiger partial charge < -0.3 is 29.5 Å². The number of aliphatic hydroxyl groups is 3. The average molecular weight is 517 g/mol. The summed E-state index contributed by atoms with van der Waals surface area (Å²) in [7, 11) is -3.82. The summed E-state index contributed by atoms with van der Waals surface area (Å²) < 4.78 is 43.0. The topological polar surface area (TPSA) is 123 Å². The van der Waals surface area contributed by atoms with Crippen LogP contribution < -0.4 is 0 Å². The number of sulfone groups is 1. The van der Waals surface area contributed by atoms with E-state index in [1.807, 2.05) is 25.1 Å². The molecule has 1 aromatic carbocycles. The van der Waals surface area contributed by atoms with E-state index in [1.54, 1.807) is 12.3 Å². The molecule has 0 radical (unpaired) electrons. The molecule has 36 heavy (non-hydrogen) atoms. The fourth-order valence-corrected chi connectivity index (χ4v) is 7.17. The highest BCUT2D eigenvalue weighted by Crippen LogP contribution is 2.43. The normalized spacial score (nSPS) is 31.2. The van der Waals surface area contributed by atoms with E-state index in [-0.39, 0.29) is 5.92 Å². The van der Waals surface area contributed by atoms with Crippen molar-refractivity contribution < 1.29 is 37.9 Å². The predicted octanol–water partition coefficient (Wildman–Crippen LogP) is 3.03. The molecule has 2 heterocycles. The van der Waals surface area contributed by atoms with Crippen LogP contribution in [0.25, 0.3) is 0 Å². The first-order valence-electron chi connectivity index (χ1n) is 12.4. The van der Waals surface area contributed by atoms with Gasteiger partial charge in [-0.2, -0.15) is 0 Å². The third-order valence-corrected chi connectivity index (χ3v) is 9.73. The van der Waals surface area contributed by atoms with Crippen LogP contribution in [-0.4, -0.2) is 52.7 Å². The highest BCUT2D eigenvalue weighted by Gasteiger charge is 2.53. The minimum atomic E-state index is -3.82. The van der Waals surface area contributed by atoms with Crippen molar-refractivity contribution in [2.75, 3.05) is 0 Å². The van der Waals surface area contributed by atoms with E-state index >= 15 is 0 Å². The summed E-state index contributed by atoms with van der Waals surface area (Å²) in [6.45, 7) is 2.04. The molecule has 4 aliphatic rings. The lowest BCUT2D eigenvalue weighted by molar-refractivity contribution is -0.202. The molecule has 0 spiro atoms. The van der Waals surface area contributed by atoms with E-state index in [4.69, 9.17) is 14.2 Å². The van der Waals surface area contributed by atoms with Gasteiger partial charge in [-0.05, 0) is 48.8 Å². The highest BCUT2D eigenvalue weighted by atomic mass is 32.2. The van der Waals surface area contributed by atoms with E-state index in [2.05, 4.69) is 12.2 Å². The van der Waals surface area contributed by atoms with Crippen molar-refractivity contribution >= 4 is 9.84 Å². The third kappa shape index (κ3) is 4.66. The fraction of sp³-hybridized carbons (Fsp3) is 0.481. The number of hydrogen-bond acceptors (Lipinski definition) is 8. The number of benzene rings is 1. The minimum Gasteiger partial charge on any atom is -0.466 e. The summed E-state index contributed by atoms with van der Waals surface area (Å²) in [5.74, 6) is 0.345. The molecule has 5 rings (SSSR count). The lowest BCUT2D eigenvalue weighted by atomic mass is 9.80. The van der Waals surface area contributed by atoms with Gasteiger partial charge in [-0.3, -0.25) is 0 Å². The van der Waals surface area contributed by atoms with Gasteiger partial charge in [0.25, 0.3) is 0 Å². The molecular formula is C27H32O8S. The number of ether oxygens (including phenoxy) is 3. The lowest BCUT2D eigenvalue weighted by Gasteiger charge is -2.40. The van der Waals surface area contributed by atoms with Crippen molar-refractivity contribution in [2.24, 2.45) is 0 Å². The molecule has 1 aromatic rings. The molecular weight excluding hydrogens is 484 g/mol. The molecule has 1 saturated heterocycles. The Morgan fingerprint density at radius 2 is 1.89 bits per heavy atom. The van der Waals surface area contributed by atoms with Crippen LogP contribution in [0, 0.1) is 0 Å². The largest absolute Gasteiger partial charge is 0.466 e. The number of allylic oxidation sites excluding steroid dienone is 4. The molecule has 9 heteroatoms. The van der Waals surface area contributed by atoms with Crippen LogP contribution >= 0.6 is 0 Å². The van der Waals surface area contributed by atoms with Crippen LogP contribution in [0.2, 0.25) is 0 Å². The molecule has 3 N–H and O–H groups in total. The van der Waals surface area contributed by atoms with Gasteiger partial charge in [-0.1, -0.05) is 48.9 Å². The van der Waals surface area contributed by atoms with Crippen molar-refractivity contribution in [1.82, 2.24) is 0 Å². The van der Waals surface area contributed by atoms with Crippen LogP contribution in [0.1, 0.15) is 61.3 Å². The molecule has 6 atom stereocenters. The van der Waals surface area contributed by atoms with Crippen molar-refractivity contribution in [3.63, 3.8) is 0 Å². The molecule has 0 bridgehead atoms. The minimum absolute atomic E-state index is 0.267. The molecule has 8 nitrogen and oxygen atoms in total. The van der Waals surface area contributed by atoms with Gasteiger partial charge in [0.05, 0.1) is 11.2 Å². The van der Waals surface area contributed by atoms with Gasteiger partial charge in [0.15, 0.2) is 15.3 Å². The number of aliphatic hydroxyl groups excluding tert-OH is 3. The molecule has 1 saturated carbocycles. The van der Waals surface area contributed by atoms with Crippen LogP contribution in [0.3, 0.4) is 0 Å². The number of aryl methyl sites for hydroxylation is 1. The van der Waals surface area contributed by atoms with Gasteiger partial charge in [0.1, 0.15) is 49.0 Å². The average Bonchev–Trinajstić information content (AvgIpc) is 3.75. The van der Waals surface area contributed by atoms with E-state index in [9.17, 15) is 23.7 Å². The van der Waals surface area contributed by atoms with Gasteiger partial charge in [-0.15, -0.1) is 0 Å². The Bertz CT molecular complexity index is 1210. The van der Waals surface area contributed by atoms with Crippen LogP contribution in [0.15, 0.2) is 66.5 Å². The molecule has 2 aliphatic carbocycles. The maximum Gasteiger partial charge on any atom is 0.188 e. The fourth-order valence-electron chi connectivity index (χ4n) is 5.17. The SMILES string of the molecule is CCc1ccc([C@@H]2OC(S(=O)(=O)C3CC3)[C@@H](O)[C@H](O)[C@H]2O)cc1C(C1=CC=CCC1)C1=COC=CO1. The summed E-state index contributed by atoms with van der Waals surface area (Å²) in [5, 5.41) is 31.3. The van der Waals surface area contributed by atoms with Gasteiger partial charge in [-0.25, -0.2) is 8.42 Å². The summed E-state index contributed by atoms with van der Waals surface area (Å²) in [6.07, 6.45) is 8.11. The molecule has 0 amide bonds. The Labute approximate surface area is 211 Å².